The molecule has 0 aliphatic rings. The molecule has 9 nitrogen and oxygen atoms in total. The van der Waals surface area contributed by atoms with Crippen LogP contribution in [-0.2, 0) is 0 Å². The summed E-state index contributed by atoms with van der Waals surface area (Å²) in [6, 6.07) is 14.7. The number of benzene rings is 2. The van der Waals surface area contributed by atoms with Crippen molar-refractivity contribution in [3.05, 3.63) is 76.0 Å². The second kappa shape index (κ2) is 7.91. The number of nitro groups is 1. The minimum atomic E-state index is -0.486. The number of rotatable bonds is 6. The maximum atomic E-state index is 12.2. The standard InChI is InChI=1S/C18H15N5O4/c1-27-17-5-3-2-4-14(17)15-10-16(21-20-15)18(24)22-19-11-12-6-8-13(9-7-12)23(25)26/h2-11H,1H3,(H,20,21)(H,22,24). The van der Waals surface area contributed by atoms with E-state index in [0.29, 0.717) is 17.0 Å². The molecule has 9 heteroatoms. The fourth-order valence-corrected chi connectivity index (χ4v) is 2.34. The van der Waals surface area contributed by atoms with E-state index < -0.39 is 10.8 Å². The largest absolute Gasteiger partial charge is 0.496 e. The first-order valence-electron chi connectivity index (χ1n) is 7.85. The Morgan fingerprint density at radius 3 is 2.70 bits per heavy atom. The van der Waals surface area contributed by atoms with Crippen LogP contribution in [0.5, 0.6) is 5.75 Å². The van der Waals surface area contributed by atoms with Gasteiger partial charge in [0, 0.05) is 17.7 Å². The van der Waals surface area contributed by atoms with Crippen molar-refractivity contribution in [2.24, 2.45) is 5.10 Å². The number of methoxy groups -OCH3 is 1. The number of hydrogen-bond acceptors (Lipinski definition) is 6. The van der Waals surface area contributed by atoms with E-state index in [1.54, 1.807) is 19.2 Å². The number of ether oxygens (including phenoxy) is 1. The van der Waals surface area contributed by atoms with Crippen LogP contribution in [0.2, 0.25) is 0 Å². The molecule has 0 aliphatic heterocycles. The monoisotopic (exact) mass is 365 g/mol. The van der Waals surface area contributed by atoms with Crippen molar-refractivity contribution in [2.75, 3.05) is 7.11 Å². The SMILES string of the molecule is COc1ccccc1-c1cc(C(=O)NN=Cc2ccc([N+](=O)[O-])cc2)[nH]n1. The molecule has 0 saturated heterocycles. The zero-order valence-electron chi connectivity index (χ0n) is 14.2. The summed E-state index contributed by atoms with van der Waals surface area (Å²) < 4.78 is 5.29. The highest BCUT2D eigenvalue weighted by molar-refractivity contribution is 5.94. The van der Waals surface area contributed by atoms with Crippen LogP contribution in [0, 0.1) is 10.1 Å². The number of carbonyl (C=O) groups is 1. The molecular formula is C18H15N5O4. The number of H-pyrrole nitrogens is 1. The lowest BCUT2D eigenvalue weighted by atomic mass is 10.1. The fraction of sp³-hybridized carbons (Fsp3) is 0.0556. The van der Waals surface area contributed by atoms with Gasteiger partial charge in [-0.2, -0.15) is 10.2 Å². The molecule has 0 saturated carbocycles. The summed E-state index contributed by atoms with van der Waals surface area (Å²) >= 11 is 0. The van der Waals surface area contributed by atoms with Gasteiger partial charge in [-0.25, -0.2) is 5.43 Å². The van der Waals surface area contributed by atoms with Crippen molar-refractivity contribution < 1.29 is 14.5 Å². The molecule has 3 aromatic rings. The van der Waals surface area contributed by atoms with Gasteiger partial charge >= 0.3 is 0 Å². The van der Waals surface area contributed by atoms with E-state index in [2.05, 4.69) is 20.7 Å². The van der Waals surface area contributed by atoms with E-state index in [9.17, 15) is 14.9 Å². The van der Waals surface area contributed by atoms with Crippen molar-refractivity contribution in [3.63, 3.8) is 0 Å². The van der Waals surface area contributed by atoms with Crippen molar-refractivity contribution in [1.82, 2.24) is 15.6 Å². The number of nitrogens with one attached hydrogen (secondary N) is 2. The van der Waals surface area contributed by atoms with Gasteiger partial charge in [0.2, 0.25) is 0 Å². The number of para-hydroxylation sites is 1. The minimum absolute atomic E-state index is 0.0162. The number of hydrogen-bond donors (Lipinski definition) is 2. The first-order chi connectivity index (χ1) is 13.1. The zero-order valence-corrected chi connectivity index (χ0v) is 14.2. The average Bonchev–Trinajstić information content (AvgIpc) is 3.18. The number of non-ortho nitro benzene ring substituents is 1. The van der Waals surface area contributed by atoms with Crippen LogP contribution in [0.25, 0.3) is 11.3 Å². The molecule has 2 N–H and O–H groups in total. The summed E-state index contributed by atoms with van der Waals surface area (Å²) in [4.78, 5) is 22.3. The van der Waals surface area contributed by atoms with Crippen LogP contribution < -0.4 is 10.2 Å². The molecule has 1 amide bonds. The Hall–Kier alpha value is -4.01. The zero-order chi connectivity index (χ0) is 19.2. The molecule has 0 radical (unpaired) electrons. The second-order valence-electron chi connectivity index (χ2n) is 5.41. The lowest BCUT2D eigenvalue weighted by Crippen LogP contribution is -2.17. The first-order valence-corrected chi connectivity index (χ1v) is 7.85. The van der Waals surface area contributed by atoms with Crippen LogP contribution >= 0.6 is 0 Å². The summed E-state index contributed by atoms with van der Waals surface area (Å²) in [5.74, 6) is 0.175. The third-order valence-electron chi connectivity index (χ3n) is 3.69. The van der Waals surface area contributed by atoms with Crippen molar-refractivity contribution in [3.8, 4) is 17.0 Å². The van der Waals surface area contributed by atoms with Gasteiger partial charge in [0.25, 0.3) is 11.6 Å². The smallest absolute Gasteiger partial charge is 0.289 e. The van der Waals surface area contributed by atoms with Crippen molar-refractivity contribution in [2.45, 2.75) is 0 Å². The van der Waals surface area contributed by atoms with Crippen LogP contribution in [0.4, 0.5) is 5.69 Å². The third kappa shape index (κ3) is 4.15. The fourth-order valence-electron chi connectivity index (χ4n) is 2.34. The highest BCUT2D eigenvalue weighted by Gasteiger charge is 2.13. The van der Waals surface area contributed by atoms with Gasteiger partial charge in [0.1, 0.15) is 11.4 Å². The number of nitro benzene ring substituents is 1. The molecule has 1 aromatic heterocycles. The molecule has 27 heavy (non-hydrogen) atoms. The maximum absolute atomic E-state index is 12.2. The topological polar surface area (TPSA) is 123 Å². The van der Waals surface area contributed by atoms with E-state index in [-0.39, 0.29) is 11.4 Å². The van der Waals surface area contributed by atoms with E-state index in [1.807, 2.05) is 18.2 Å². The Kier molecular flexibility index (Phi) is 5.22. The normalized spacial score (nSPS) is 10.7. The molecular weight excluding hydrogens is 350 g/mol. The lowest BCUT2D eigenvalue weighted by Gasteiger charge is -2.04. The summed E-state index contributed by atoms with van der Waals surface area (Å²) in [6.45, 7) is 0. The lowest BCUT2D eigenvalue weighted by molar-refractivity contribution is -0.384. The van der Waals surface area contributed by atoms with E-state index in [1.165, 1.54) is 30.5 Å². The molecule has 1 heterocycles. The summed E-state index contributed by atoms with van der Waals surface area (Å²) in [7, 11) is 1.56. The molecule has 136 valence electrons. The number of aromatic amines is 1. The van der Waals surface area contributed by atoms with E-state index in [4.69, 9.17) is 4.74 Å². The Bertz CT molecular complexity index is 995. The van der Waals surface area contributed by atoms with E-state index >= 15 is 0 Å². The molecule has 0 atom stereocenters. The van der Waals surface area contributed by atoms with Gasteiger partial charge in [-0.3, -0.25) is 20.0 Å². The predicted molar refractivity (Wildman–Crippen MR) is 98.7 cm³/mol. The quantitative estimate of drug-likeness (QED) is 0.395. The molecule has 0 spiro atoms. The van der Waals surface area contributed by atoms with Crippen LogP contribution in [0.15, 0.2) is 59.7 Å². The molecule has 3 rings (SSSR count). The Labute approximate surface area is 153 Å². The average molecular weight is 365 g/mol. The van der Waals surface area contributed by atoms with Crippen molar-refractivity contribution in [1.29, 1.82) is 0 Å². The number of carbonyl (C=O) groups excluding carboxylic acids is 1. The number of hydrazone groups is 1. The Morgan fingerprint density at radius 1 is 1.26 bits per heavy atom. The summed E-state index contributed by atoms with van der Waals surface area (Å²) in [5.41, 5.74) is 4.52. The number of amides is 1. The molecule has 0 fully saturated rings. The maximum Gasteiger partial charge on any atom is 0.289 e. The Balaban J connectivity index is 1.67. The Morgan fingerprint density at radius 2 is 2.00 bits per heavy atom. The molecule has 0 bridgehead atoms. The molecule has 2 aromatic carbocycles. The predicted octanol–water partition coefficient (Wildman–Crippen LogP) is 2.76. The second-order valence-corrected chi connectivity index (χ2v) is 5.41. The third-order valence-corrected chi connectivity index (χ3v) is 3.69. The highest BCUT2D eigenvalue weighted by atomic mass is 16.6. The first kappa shape index (κ1) is 17.8. The molecule has 0 aliphatic carbocycles. The number of nitrogens with zero attached hydrogens (tertiary/aromatic N) is 3. The minimum Gasteiger partial charge on any atom is -0.496 e. The van der Waals surface area contributed by atoms with Gasteiger partial charge in [-0.15, -0.1) is 0 Å². The van der Waals surface area contributed by atoms with E-state index in [0.717, 1.165) is 5.56 Å². The van der Waals surface area contributed by atoms with Gasteiger partial charge in [0.05, 0.1) is 23.9 Å². The van der Waals surface area contributed by atoms with Gasteiger partial charge < -0.3 is 4.74 Å². The summed E-state index contributed by atoms with van der Waals surface area (Å²) in [5, 5.41) is 21.2. The summed E-state index contributed by atoms with van der Waals surface area (Å²) in [6.07, 6.45) is 1.39. The number of aromatic nitrogens is 2. The van der Waals surface area contributed by atoms with Gasteiger partial charge in [-0.1, -0.05) is 12.1 Å². The van der Waals surface area contributed by atoms with Gasteiger partial charge in [-0.05, 0) is 35.9 Å². The highest BCUT2D eigenvalue weighted by Crippen LogP contribution is 2.28. The molecule has 0 unspecified atom stereocenters. The van der Waals surface area contributed by atoms with Crippen LogP contribution in [0.3, 0.4) is 0 Å². The van der Waals surface area contributed by atoms with Crippen molar-refractivity contribution >= 4 is 17.8 Å². The van der Waals surface area contributed by atoms with Crippen LogP contribution in [-0.4, -0.2) is 34.4 Å². The van der Waals surface area contributed by atoms with Gasteiger partial charge in [0.15, 0.2) is 0 Å². The van der Waals surface area contributed by atoms with Crippen LogP contribution in [0.1, 0.15) is 16.1 Å².